The number of ether oxygens (including phenoxy) is 1. The molecule has 4 N–H and O–H groups in total. The first kappa shape index (κ1) is 27.4. The van der Waals surface area contributed by atoms with Crippen LogP contribution in [0.25, 0.3) is 0 Å². The van der Waals surface area contributed by atoms with Crippen LogP contribution in [0.3, 0.4) is 0 Å². The lowest BCUT2D eigenvalue weighted by atomic mass is 9.96. The predicted molar refractivity (Wildman–Crippen MR) is 134 cm³/mol. The molecule has 1 unspecified atom stereocenters. The molecule has 0 aliphatic rings. The van der Waals surface area contributed by atoms with Crippen LogP contribution in [0.15, 0.2) is 60.7 Å². The molecule has 1 atom stereocenters. The number of aryl methyl sites for hydroxylation is 1. The van der Waals surface area contributed by atoms with Gasteiger partial charge in [0.1, 0.15) is 17.2 Å². The number of phenols is 1. The number of benzene rings is 3. The summed E-state index contributed by atoms with van der Waals surface area (Å²) >= 11 is 5.88. The number of amides is 1. The van der Waals surface area contributed by atoms with Crippen molar-refractivity contribution in [3.05, 3.63) is 87.9 Å². The topological polar surface area (TPSA) is 127 Å². The quantitative estimate of drug-likeness (QED) is 0.257. The summed E-state index contributed by atoms with van der Waals surface area (Å²) < 4.78 is 6.13. The molecule has 0 spiro atoms. The molecule has 35 heavy (non-hydrogen) atoms. The van der Waals surface area contributed by atoms with Gasteiger partial charge in [0.15, 0.2) is 5.78 Å². The second-order valence-electron chi connectivity index (χ2n) is 7.71. The van der Waals surface area contributed by atoms with Gasteiger partial charge in [0.25, 0.3) is 6.47 Å². The maximum Gasteiger partial charge on any atom is 0.290 e. The fourth-order valence-electron chi connectivity index (χ4n) is 3.66. The Labute approximate surface area is 209 Å². The van der Waals surface area contributed by atoms with Gasteiger partial charge in [0, 0.05) is 10.6 Å². The van der Waals surface area contributed by atoms with Gasteiger partial charge in [-0.1, -0.05) is 44.0 Å². The number of phenolic OH excluding ortho intramolecular Hbond substituents is 1. The summed E-state index contributed by atoms with van der Waals surface area (Å²) in [6.45, 7) is 3.71. The predicted octanol–water partition coefficient (Wildman–Crippen LogP) is 5.70. The second kappa shape index (κ2) is 13.2. The first-order valence-corrected chi connectivity index (χ1v) is 11.4. The highest BCUT2D eigenvalue weighted by atomic mass is 35.5. The number of ketones is 1. The molecule has 0 bridgehead atoms. The van der Waals surface area contributed by atoms with Crippen LogP contribution in [0.2, 0.25) is 5.02 Å². The van der Waals surface area contributed by atoms with E-state index < -0.39 is 0 Å². The Morgan fingerprint density at radius 3 is 2.40 bits per heavy atom. The van der Waals surface area contributed by atoms with E-state index in [-0.39, 0.29) is 35.4 Å². The summed E-state index contributed by atoms with van der Waals surface area (Å²) in [5, 5.41) is 17.4. The van der Waals surface area contributed by atoms with Crippen molar-refractivity contribution in [2.75, 3.05) is 0 Å². The number of rotatable bonds is 9. The molecule has 0 saturated heterocycles. The molecular formula is C27H28ClNO6. The van der Waals surface area contributed by atoms with E-state index in [1.807, 2.05) is 38.1 Å². The summed E-state index contributed by atoms with van der Waals surface area (Å²) in [6.07, 6.45) is 2.18. The number of carbonyl (C=O) groups is 3. The van der Waals surface area contributed by atoms with E-state index in [0.29, 0.717) is 34.9 Å². The zero-order valence-corrected chi connectivity index (χ0v) is 20.3. The Hall–Kier alpha value is -3.84. The van der Waals surface area contributed by atoms with Gasteiger partial charge >= 0.3 is 0 Å². The van der Waals surface area contributed by atoms with E-state index in [2.05, 4.69) is 0 Å². The Kier molecular flexibility index (Phi) is 10.3. The van der Waals surface area contributed by atoms with Crippen LogP contribution in [-0.2, 0) is 16.0 Å². The number of carbonyl (C=O) groups excluding carboxylic acids is 2. The minimum Gasteiger partial charge on any atom is -0.507 e. The van der Waals surface area contributed by atoms with Gasteiger partial charge in [-0.05, 0) is 72.5 Å². The first-order chi connectivity index (χ1) is 16.7. The van der Waals surface area contributed by atoms with Gasteiger partial charge in [-0.3, -0.25) is 14.4 Å². The molecule has 0 aromatic heterocycles. The van der Waals surface area contributed by atoms with Gasteiger partial charge in [-0.15, -0.1) is 0 Å². The van der Waals surface area contributed by atoms with E-state index in [1.165, 1.54) is 12.1 Å². The molecule has 3 aromatic rings. The molecule has 1 amide bonds. The third kappa shape index (κ3) is 7.32. The highest BCUT2D eigenvalue weighted by molar-refractivity contribution is 6.31. The Bertz CT molecular complexity index is 1190. The Balaban J connectivity index is 0.00000137. The van der Waals surface area contributed by atoms with Crippen LogP contribution >= 0.6 is 11.6 Å². The van der Waals surface area contributed by atoms with Crippen molar-refractivity contribution in [1.82, 2.24) is 0 Å². The maximum absolute atomic E-state index is 12.9. The second-order valence-corrected chi connectivity index (χ2v) is 8.14. The van der Waals surface area contributed by atoms with Crippen LogP contribution in [-0.4, -0.2) is 28.4 Å². The van der Waals surface area contributed by atoms with Gasteiger partial charge in [0.05, 0.1) is 11.5 Å². The third-order valence-corrected chi connectivity index (χ3v) is 5.52. The van der Waals surface area contributed by atoms with Crippen molar-refractivity contribution >= 4 is 29.8 Å². The molecule has 0 radical (unpaired) electrons. The van der Waals surface area contributed by atoms with Crippen molar-refractivity contribution in [3.8, 4) is 17.2 Å². The summed E-state index contributed by atoms with van der Waals surface area (Å²) in [5.74, 6) is 0.0289. The lowest BCUT2D eigenvalue weighted by molar-refractivity contribution is -0.123. The summed E-state index contributed by atoms with van der Waals surface area (Å²) in [4.78, 5) is 33.0. The number of carboxylic acid groups (broad SMARTS) is 1. The normalized spacial score (nSPS) is 11.1. The van der Waals surface area contributed by atoms with Crippen molar-refractivity contribution in [2.24, 2.45) is 5.73 Å². The number of aromatic hydroxyl groups is 1. The molecule has 0 fully saturated rings. The molecule has 0 heterocycles. The van der Waals surface area contributed by atoms with Crippen molar-refractivity contribution in [3.63, 3.8) is 0 Å². The Morgan fingerprint density at radius 1 is 1.09 bits per heavy atom. The smallest absolute Gasteiger partial charge is 0.290 e. The minimum absolute atomic E-state index is 0.156. The van der Waals surface area contributed by atoms with Crippen LogP contribution in [0.5, 0.6) is 17.2 Å². The van der Waals surface area contributed by atoms with Crippen molar-refractivity contribution in [1.29, 1.82) is 0 Å². The maximum atomic E-state index is 12.9. The van der Waals surface area contributed by atoms with E-state index in [0.717, 1.165) is 17.5 Å². The van der Waals surface area contributed by atoms with Crippen molar-refractivity contribution < 1.29 is 29.3 Å². The van der Waals surface area contributed by atoms with Gasteiger partial charge in [0.2, 0.25) is 5.91 Å². The van der Waals surface area contributed by atoms with Crippen LogP contribution in [0, 0.1) is 0 Å². The lowest BCUT2D eigenvalue weighted by Gasteiger charge is -2.15. The first-order valence-electron chi connectivity index (χ1n) is 11.1. The summed E-state index contributed by atoms with van der Waals surface area (Å²) in [7, 11) is 0. The third-order valence-electron chi connectivity index (χ3n) is 5.29. The van der Waals surface area contributed by atoms with Gasteiger partial charge in [-0.2, -0.15) is 0 Å². The number of hydrogen-bond acceptors (Lipinski definition) is 5. The average Bonchev–Trinajstić information content (AvgIpc) is 2.81. The fourth-order valence-corrected chi connectivity index (χ4v) is 3.83. The summed E-state index contributed by atoms with van der Waals surface area (Å²) in [6, 6.07) is 17.0. The molecule has 0 saturated carbocycles. The zero-order chi connectivity index (χ0) is 26.0. The molecule has 184 valence electrons. The number of hydrogen-bond donors (Lipinski definition) is 3. The molecule has 3 rings (SSSR count). The molecule has 0 aliphatic heterocycles. The molecule has 3 aromatic carbocycles. The Morgan fingerprint density at radius 2 is 1.80 bits per heavy atom. The van der Waals surface area contributed by atoms with Crippen LogP contribution in [0.4, 0.5) is 0 Å². The van der Waals surface area contributed by atoms with Gasteiger partial charge in [-0.25, -0.2) is 0 Å². The molecule has 0 aliphatic carbocycles. The van der Waals surface area contributed by atoms with E-state index in [1.54, 1.807) is 24.3 Å². The molecule has 8 heteroatoms. The highest BCUT2D eigenvalue weighted by Gasteiger charge is 2.18. The lowest BCUT2D eigenvalue weighted by Crippen LogP contribution is -2.20. The van der Waals surface area contributed by atoms with Crippen LogP contribution in [0.1, 0.15) is 59.7 Å². The number of halogens is 1. The fraction of sp³-hybridized carbons (Fsp3) is 0.222. The van der Waals surface area contributed by atoms with Crippen molar-refractivity contribution in [2.45, 2.75) is 39.0 Å². The standard InChI is InChI=1S/C26H26ClNO4.CH2O2/c1-3-6-17-13-18(25(30)22-11-10-19(27)15-23(22)29)9-12-24(17)32-20-8-5-7-16(14-20)21(4-2)26(28)31;2-1-3/h5,7-15,21,29H,3-4,6H2,1-2H3,(H2,28,31);1H,(H,2,3). The monoisotopic (exact) mass is 497 g/mol. The molecule has 7 nitrogen and oxygen atoms in total. The van der Waals surface area contributed by atoms with Gasteiger partial charge < -0.3 is 20.7 Å². The number of nitrogens with two attached hydrogens (primary N) is 1. The van der Waals surface area contributed by atoms with E-state index in [4.69, 9.17) is 32.0 Å². The largest absolute Gasteiger partial charge is 0.507 e. The van der Waals surface area contributed by atoms with Crippen LogP contribution < -0.4 is 10.5 Å². The molecular weight excluding hydrogens is 470 g/mol. The highest BCUT2D eigenvalue weighted by Crippen LogP contribution is 2.32. The van der Waals surface area contributed by atoms with E-state index in [9.17, 15) is 14.7 Å². The average molecular weight is 498 g/mol. The minimum atomic E-state index is -0.374. The zero-order valence-electron chi connectivity index (χ0n) is 19.5. The summed E-state index contributed by atoms with van der Waals surface area (Å²) in [5.41, 5.74) is 7.84. The van der Waals surface area contributed by atoms with E-state index >= 15 is 0 Å². The SMILES string of the molecule is CCCc1cc(C(=O)c2ccc(Cl)cc2O)ccc1Oc1cccc(C(CC)C(N)=O)c1.O=CO. The number of primary amides is 1.